The van der Waals surface area contributed by atoms with Crippen molar-refractivity contribution < 1.29 is 28.0 Å². The molecule has 0 spiro atoms. The maximum atomic E-state index is 12.9. The van der Waals surface area contributed by atoms with Crippen LogP contribution >= 0.6 is 0 Å². The van der Waals surface area contributed by atoms with E-state index in [0.717, 1.165) is 12.1 Å². The summed E-state index contributed by atoms with van der Waals surface area (Å²) in [6.07, 6.45) is -1.28. The number of hydroxylamine groups is 1. The van der Waals surface area contributed by atoms with Crippen LogP contribution in [0.2, 0.25) is 0 Å². The third-order valence-corrected chi connectivity index (χ3v) is 5.20. The summed E-state index contributed by atoms with van der Waals surface area (Å²) in [6.45, 7) is 0.795. The monoisotopic (exact) mass is 407 g/mol. The number of hydrogen-bond donors (Lipinski definition) is 2. The van der Waals surface area contributed by atoms with Gasteiger partial charge in [-0.15, -0.1) is 0 Å². The minimum atomic E-state index is -4.51. The molecule has 2 saturated heterocycles. The molecular formula is C18H16F3N5O3. The van der Waals surface area contributed by atoms with Crippen molar-refractivity contribution in [2.45, 2.75) is 24.7 Å². The van der Waals surface area contributed by atoms with Gasteiger partial charge in [-0.3, -0.25) is 14.8 Å². The Balaban J connectivity index is 1.47. The Hall–Kier alpha value is -3.21. The van der Waals surface area contributed by atoms with Crippen molar-refractivity contribution in [1.82, 2.24) is 20.3 Å². The Morgan fingerprint density at radius 1 is 1.10 bits per heavy atom. The maximum Gasteiger partial charge on any atom is 0.416 e. The molecule has 2 bridgehead atoms. The number of fused-ring (bicyclic) bond motifs is 2. The quantitative estimate of drug-likeness (QED) is 0.594. The molecule has 2 N–H and O–H groups in total. The molecule has 11 heteroatoms. The molecule has 1 aromatic heterocycles. The van der Waals surface area contributed by atoms with Crippen molar-refractivity contribution >= 4 is 17.8 Å². The highest BCUT2D eigenvalue weighted by atomic mass is 19.4. The van der Waals surface area contributed by atoms with E-state index >= 15 is 0 Å². The van der Waals surface area contributed by atoms with Crippen molar-refractivity contribution in [3.8, 4) is 0 Å². The van der Waals surface area contributed by atoms with Crippen LogP contribution in [0.25, 0.3) is 0 Å². The fraction of sp³-hybridized carbons (Fsp3) is 0.333. The van der Waals surface area contributed by atoms with Crippen LogP contribution in [0.3, 0.4) is 0 Å². The number of likely N-dealkylation sites (tertiary alicyclic amines) is 1. The number of piperazine rings is 1. The van der Waals surface area contributed by atoms with Crippen molar-refractivity contribution in [3.63, 3.8) is 0 Å². The molecule has 0 saturated carbocycles. The van der Waals surface area contributed by atoms with E-state index in [1.807, 2.05) is 4.90 Å². The molecule has 1 aromatic carbocycles. The average molecular weight is 407 g/mol. The van der Waals surface area contributed by atoms with Gasteiger partial charge in [0, 0.05) is 31.0 Å². The van der Waals surface area contributed by atoms with Crippen LogP contribution in [-0.2, 0) is 6.18 Å². The first-order valence-electron chi connectivity index (χ1n) is 8.79. The zero-order valence-electron chi connectivity index (χ0n) is 14.9. The number of carbonyl (C=O) groups excluding carboxylic acids is 2. The number of nitrogens with zero attached hydrogens (tertiary/aromatic N) is 4. The molecular weight excluding hydrogens is 391 g/mol. The Morgan fingerprint density at radius 2 is 1.83 bits per heavy atom. The van der Waals surface area contributed by atoms with Gasteiger partial charge < -0.3 is 9.80 Å². The normalized spacial score (nSPS) is 20.8. The number of anilines is 1. The smallest absolute Gasteiger partial charge is 0.334 e. The van der Waals surface area contributed by atoms with Gasteiger partial charge in [0.1, 0.15) is 0 Å². The Morgan fingerprint density at radius 3 is 2.41 bits per heavy atom. The number of aromatic nitrogens is 2. The average Bonchev–Trinajstić information content (AvgIpc) is 3.33. The summed E-state index contributed by atoms with van der Waals surface area (Å²) in [5, 5.41) is 8.63. The summed E-state index contributed by atoms with van der Waals surface area (Å²) in [5.41, 5.74) is 0.753. The third-order valence-electron chi connectivity index (χ3n) is 5.20. The summed E-state index contributed by atoms with van der Waals surface area (Å²) in [5.74, 6) is -0.769. The molecule has 2 aliphatic heterocycles. The number of halogens is 3. The molecule has 0 unspecified atom stereocenters. The van der Waals surface area contributed by atoms with Gasteiger partial charge in [-0.05, 0) is 24.6 Å². The molecule has 2 amide bonds. The van der Waals surface area contributed by atoms with Crippen molar-refractivity contribution in [1.29, 1.82) is 0 Å². The number of rotatable bonds is 3. The Labute approximate surface area is 162 Å². The van der Waals surface area contributed by atoms with Gasteiger partial charge in [-0.1, -0.05) is 6.07 Å². The summed E-state index contributed by atoms with van der Waals surface area (Å²) >= 11 is 0. The highest BCUT2D eigenvalue weighted by molar-refractivity contribution is 5.95. The van der Waals surface area contributed by atoms with E-state index in [0.29, 0.717) is 25.5 Å². The lowest BCUT2D eigenvalue weighted by molar-refractivity contribution is -0.137. The van der Waals surface area contributed by atoms with E-state index in [9.17, 15) is 22.8 Å². The topological polar surface area (TPSA) is 98.7 Å². The fourth-order valence-corrected chi connectivity index (χ4v) is 3.81. The number of benzene rings is 1. The highest BCUT2D eigenvalue weighted by Crippen LogP contribution is 2.35. The molecule has 152 valence electrons. The van der Waals surface area contributed by atoms with E-state index in [1.165, 1.54) is 30.0 Å². The molecule has 2 atom stereocenters. The van der Waals surface area contributed by atoms with Gasteiger partial charge in [0.2, 0.25) is 5.95 Å². The van der Waals surface area contributed by atoms with Crippen molar-refractivity contribution in [3.05, 3.63) is 53.3 Å². The minimum absolute atomic E-state index is 0.00884. The third kappa shape index (κ3) is 3.48. The SMILES string of the molecule is O=C(NO)c1cnc(N2C[C@@H]3C[C@@H]2CN3C(=O)c2cccc(C(F)(F)F)c2)nc1. The second kappa shape index (κ2) is 6.99. The molecule has 3 heterocycles. The summed E-state index contributed by atoms with van der Waals surface area (Å²) < 4.78 is 38.7. The lowest BCUT2D eigenvalue weighted by Gasteiger charge is -2.34. The largest absolute Gasteiger partial charge is 0.416 e. The molecule has 4 rings (SSSR count). The zero-order valence-corrected chi connectivity index (χ0v) is 14.9. The fourth-order valence-electron chi connectivity index (χ4n) is 3.81. The van der Waals surface area contributed by atoms with Gasteiger partial charge in [-0.2, -0.15) is 13.2 Å². The minimum Gasteiger partial charge on any atom is -0.334 e. The van der Waals surface area contributed by atoms with E-state index < -0.39 is 23.6 Å². The second-order valence-corrected chi connectivity index (χ2v) is 6.94. The van der Waals surface area contributed by atoms with Crippen molar-refractivity contribution in [2.24, 2.45) is 0 Å². The Bertz CT molecular complexity index is 951. The van der Waals surface area contributed by atoms with Crippen LogP contribution in [0.15, 0.2) is 36.7 Å². The van der Waals surface area contributed by atoms with Crippen LogP contribution in [0, 0.1) is 0 Å². The van der Waals surface area contributed by atoms with E-state index in [2.05, 4.69) is 9.97 Å². The second-order valence-electron chi connectivity index (χ2n) is 6.94. The standard InChI is InChI=1S/C18H16F3N5O3/c19-18(20,21)12-3-1-2-10(4-12)16(28)25-8-14-5-13(25)9-26(14)17-22-6-11(7-23-17)15(27)24-29/h1-4,6-7,13-14,29H,5,8-9H2,(H,24,27)/t13-,14+/m0/s1. The van der Waals surface area contributed by atoms with Crippen molar-refractivity contribution in [2.75, 3.05) is 18.0 Å². The summed E-state index contributed by atoms with van der Waals surface area (Å²) in [7, 11) is 0. The molecule has 29 heavy (non-hydrogen) atoms. The molecule has 8 nitrogen and oxygen atoms in total. The lowest BCUT2D eigenvalue weighted by atomic mass is 10.1. The van der Waals surface area contributed by atoms with Gasteiger partial charge in [0.05, 0.1) is 23.2 Å². The first-order chi connectivity index (χ1) is 13.8. The number of alkyl halides is 3. The van der Waals surface area contributed by atoms with Gasteiger partial charge in [0.15, 0.2) is 0 Å². The number of amides is 2. The lowest BCUT2D eigenvalue weighted by Crippen LogP contribution is -2.49. The summed E-state index contributed by atoms with van der Waals surface area (Å²) in [4.78, 5) is 35.8. The van der Waals surface area contributed by atoms with E-state index in [-0.39, 0.29) is 23.2 Å². The van der Waals surface area contributed by atoms with Gasteiger partial charge in [0.25, 0.3) is 11.8 Å². The van der Waals surface area contributed by atoms with Crippen LogP contribution in [-0.4, -0.2) is 57.1 Å². The molecule has 2 fully saturated rings. The molecule has 0 aliphatic carbocycles. The number of hydrogen-bond acceptors (Lipinski definition) is 6. The van der Waals surface area contributed by atoms with Crippen LogP contribution < -0.4 is 10.4 Å². The first-order valence-corrected chi connectivity index (χ1v) is 8.79. The van der Waals surface area contributed by atoms with Gasteiger partial charge in [-0.25, -0.2) is 15.4 Å². The maximum absolute atomic E-state index is 12.9. The number of nitrogens with one attached hydrogen (secondary N) is 1. The molecule has 2 aromatic rings. The zero-order chi connectivity index (χ0) is 20.8. The van der Waals surface area contributed by atoms with Crippen LogP contribution in [0.5, 0.6) is 0 Å². The molecule has 2 aliphatic rings. The Kier molecular flexibility index (Phi) is 4.61. The highest BCUT2D eigenvalue weighted by Gasteiger charge is 2.46. The van der Waals surface area contributed by atoms with Crippen LogP contribution in [0.1, 0.15) is 32.7 Å². The number of carbonyl (C=O) groups is 2. The molecule has 0 radical (unpaired) electrons. The van der Waals surface area contributed by atoms with Gasteiger partial charge >= 0.3 is 6.18 Å². The van der Waals surface area contributed by atoms with Crippen LogP contribution in [0.4, 0.5) is 19.1 Å². The summed E-state index contributed by atoms with van der Waals surface area (Å²) in [6, 6.07) is 4.20. The first kappa shape index (κ1) is 19.1. The predicted octanol–water partition coefficient (Wildman–Crippen LogP) is 1.72. The predicted molar refractivity (Wildman–Crippen MR) is 93.3 cm³/mol. The van der Waals surface area contributed by atoms with E-state index in [4.69, 9.17) is 5.21 Å². The van der Waals surface area contributed by atoms with E-state index in [1.54, 1.807) is 4.90 Å².